The molecule has 3 atom stereocenters. The van der Waals surface area contributed by atoms with Crippen LogP contribution in [0, 0.1) is 6.92 Å². The highest BCUT2D eigenvalue weighted by atomic mass is 16.3. The Labute approximate surface area is 258 Å². The van der Waals surface area contributed by atoms with Crippen LogP contribution in [0.2, 0.25) is 0 Å². The van der Waals surface area contributed by atoms with Gasteiger partial charge in [0.15, 0.2) is 0 Å². The Bertz CT molecular complexity index is 1600. The monoisotopic (exact) mass is 592 g/mol. The first-order valence-corrected chi connectivity index (χ1v) is 15.1. The van der Waals surface area contributed by atoms with E-state index in [1.54, 1.807) is 35.4 Å². The van der Waals surface area contributed by atoms with Gasteiger partial charge in [0, 0.05) is 30.8 Å². The lowest BCUT2D eigenvalue weighted by Gasteiger charge is -2.25. The first kappa shape index (κ1) is 30.9. The van der Waals surface area contributed by atoms with Crippen molar-refractivity contribution in [1.29, 1.82) is 0 Å². The smallest absolute Gasteiger partial charge is 0.254 e. The number of oxazole rings is 1. The molecule has 3 aromatic carbocycles. The molecule has 0 unspecified atom stereocenters. The van der Waals surface area contributed by atoms with Gasteiger partial charge in [-0.25, -0.2) is 4.98 Å². The van der Waals surface area contributed by atoms with Crippen molar-refractivity contribution in [2.75, 3.05) is 13.1 Å². The number of rotatable bonds is 12. The summed E-state index contributed by atoms with van der Waals surface area (Å²) in [4.78, 5) is 33.3. The summed E-state index contributed by atoms with van der Waals surface area (Å²) in [5.74, 6) is 0.0194. The largest absolute Gasteiger partial charge is 0.446 e. The van der Waals surface area contributed by atoms with Gasteiger partial charge in [0.05, 0.1) is 17.8 Å². The van der Waals surface area contributed by atoms with E-state index in [-0.39, 0.29) is 24.4 Å². The topological polar surface area (TPSA) is 108 Å². The molecule has 0 saturated carbocycles. The van der Waals surface area contributed by atoms with Crippen LogP contribution < -0.4 is 10.6 Å². The van der Waals surface area contributed by atoms with E-state index in [2.05, 4.69) is 28.3 Å². The van der Waals surface area contributed by atoms with Gasteiger partial charge in [-0.3, -0.25) is 9.59 Å². The van der Waals surface area contributed by atoms with Gasteiger partial charge in [0.25, 0.3) is 11.8 Å². The molecule has 0 spiro atoms. The van der Waals surface area contributed by atoms with Crippen molar-refractivity contribution in [3.63, 3.8) is 0 Å². The van der Waals surface area contributed by atoms with E-state index in [0.717, 1.165) is 40.8 Å². The molecule has 4 aromatic rings. The Morgan fingerprint density at radius 3 is 2.50 bits per heavy atom. The first-order valence-electron chi connectivity index (χ1n) is 15.1. The van der Waals surface area contributed by atoms with Crippen LogP contribution >= 0.6 is 0 Å². The number of likely N-dealkylation sites (tertiary alicyclic amines) is 1. The maximum absolute atomic E-state index is 13.5. The molecule has 1 aromatic heterocycles. The maximum atomic E-state index is 13.5. The number of amides is 2. The Morgan fingerprint density at radius 2 is 1.75 bits per heavy atom. The van der Waals surface area contributed by atoms with Gasteiger partial charge >= 0.3 is 0 Å². The highest BCUT2D eigenvalue weighted by molar-refractivity contribution is 6.00. The summed E-state index contributed by atoms with van der Waals surface area (Å²) < 4.78 is 5.61. The second-order valence-corrected chi connectivity index (χ2v) is 11.5. The van der Waals surface area contributed by atoms with Gasteiger partial charge in [-0.05, 0) is 68.0 Å². The van der Waals surface area contributed by atoms with Gasteiger partial charge in [-0.2, -0.15) is 0 Å². The normalized spacial score (nSPS) is 16.0. The zero-order valence-corrected chi connectivity index (χ0v) is 25.3. The average Bonchev–Trinajstić information content (AvgIpc) is 3.70. The number of aliphatic hydroxyl groups is 1. The van der Waals surface area contributed by atoms with Gasteiger partial charge in [0.2, 0.25) is 5.89 Å². The van der Waals surface area contributed by atoms with Crippen LogP contribution in [-0.4, -0.2) is 52.0 Å². The molecule has 1 saturated heterocycles. The molecule has 228 valence electrons. The molecular formula is C36H40N4O4. The summed E-state index contributed by atoms with van der Waals surface area (Å²) in [5, 5.41) is 17.6. The number of carbonyl (C=O) groups excluding carboxylic acids is 2. The summed E-state index contributed by atoms with van der Waals surface area (Å²) in [7, 11) is 0. The molecule has 3 N–H and O–H groups in total. The molecule has 1 aliphatic heterocycles. The van der Waals surface area contributed by atoms with Crippen LogP contribution in [0.15, 0.2) is 96.1 Å². The molecule has 1 fully saturated rings. The zero-order valence-electron chi connectivity index (χ0n) is 25.3. The molecule has 1 aliphatic rings. The molecule has 8 heteroatoms. The minimum absolute atomic E-state index is 0.168. The molecule has 8 nitrogen and oxygen atoms in total. The fraction of sp³-hybridized carbons (Fsp3) is 0.306. The summed E-state index contributed by atoms with van der Waals surface area (Å²) in [6, 6.07) is 23.8. The number of nitrogens with one attached hydrogen (secondary N) is 2. The van der Waals surface area contributed by atoms with E-state index in [9.17, 15) is 14.7 Å². The lowest BCUT2D eigenvalue weighted by Crippen LogP contribution is -2.48. The Hall–Kier alpha value is -4.53. The lowest BCUT2D eigenvalue weighted by molar-refractivity contribution is 0.0715. The van der Waals surface area contributed by atoms with Crippen LogP contribution in [0.1, 0.15) is 74.8 Å². The minimum atomic E-state index is -0.858. The van der Waals surface area contributed by atoms with E-state index in [4.69, 9.17) is 4.42 Å². The van der Waals surface area contributed by atoms with Crippen LogP contribution in [-0.2, 0) is 13.0 Å². The fourth-order valence-electron chi connectivity index (χ4n) is 5.61. The van der Waals surface area contributed by atoms with E-state index < -0.39 is 12.1 Å². The molecule has 2 amide bonds. The molecule has 0 radical (unpaired) electrons. The Morgan fingerprint density at radius 1 is 1.02 bits per heavy atom. The van der Waals surface area contributed by atoms with Crippen LogP contribution in [0.5, 0.6) is 0 Å². The zero-order chi connectivity index (χ0) is 31.1. The van der Waals surface area contributed by atoms with Gasteiger partial charge < -0.3 is 25.1 Å². The first-order chi connectivity index (χ1) is 21.3. The van der Waals surface area contributed by atoms with Crippen molar-refractivity contribution < 1.29 is 19.1 Å². The van der Waals surface area contributed by atoms with Gasteiger partial charge in [-0.1, -0.05) is 72.8 Å². The van der Waals surface area contributed by atoms with Crippen molar-refractivity contribution in [3.8, 4) is 0 Å². The van der Waals surface area contributed by atoms with Crippen LogP contribution in [0.4, 0.5) is 0 Å². The second kappa shape index (κ2) is 14.3. The van der Waals surface area contributed by atoms with Crippen LogP contribution in [0.25, 0.3) is 5.57 Å². The standard InChI is InChI=1S/C36H40N4O4/c1-24(2)28-13-7-12-27(18-28)21-37-22-33(41)31(19-26-10-5-4-6-11-26)39-34(42)29-14-8-15-30(20-29)36(43)40-17-9-16-32(40)35-38-25(3)23-44-35/h4-8,10-15,18,20,23,31-33,37,41H,1,9,16-17,19,21-22H2,2-3H3,(H,39,42)/t31-,32+,33-/m0/s1. The Kier molecular flexibility index (Phi) is 10.0. The third-order valence-electron chi connectivity index (χ3n) is 7.99. The summed E-state index contributed by atoms with van der Waals surface area (Å²) in [5.41, 5.74) is 5.70. The average molecular weight is 593 g/mol. The number of nitrogens with zero attached hydrogens (tertiary/aromatic N) is 2. The number of carbonyl (C=O) groups is 2. The van der Waals surface area contributed by atoms with Crippen molar-refractivity contribution in [3.05, 3.63) is 131 Å². The van der Waals surface area contributed by atoms with E-state index in [1.807, 2.05) is 62.4 Å². The Balaban J connectivity index is 1.27. The molecule has 0 aliphatic carbocycles. The molecule has 5 rings (SSSR count). The predicted octanol–water partition coefficient (Wildman–Crippen LogP) is 5.49. The second-order valence-electron chi connectivity index (χ2n) is 11.5. The number of benzene rings is 3. The summed E-state index contributed by atoms with van der Waals surface area (Å²) >= 11 is 0. The van der Waals surface area contributed by atoms with E-state index in [1.165, 1.54) is 0 Å². The quantitative estimate of drug-likeness (QED) is 0.201. The number of aliphatic hydroxyl groups excluding tert-OH is 1. The van der Waals surface area contributed by atoms with Gasteiger partial charge in [0.1, 0.15) is 12.3 Å². The van der Waals surface area contributed by atoms with Gasteiger partial charge in [-0.15, -0.1) is 0 Å². The number of hydrogen-bond acceptors (Lipinski definition) is 6. The number of aryl methyl sites for hydroxylation is 1. The molecule has 44 heavy (non-hydrogen) atoms. The third-order valence-corrected chi connectivity index (χ3v) is 7.99. The summed E-state index contributed by atoms with van der Waals surface area (Å²) in [6.45, 7) is 9.29. The van der Waals surface area contributed by atoms with Crippen molar-refractivity contribution in [2.24, 2.45) is 0 Å². The lowest BCUT2D eigenvalue weighted by atomic mass is 10.00. The molecular weight excluding hydrogens is 552 g/mol. The number of hydrogen-bond donors (Lipinski definition) is 3. The predicted molar refractivity (Wildman–Crippen MR) is 171 cm³/mol. The molecule has 2 heterocycles. The van der Waals surface area contributed by atoms with Crippen molar-refractivity contribution in [2.45, 2.75) is 57.8 Å². The van der Waals surface area contributed by atoms with E-state index >= 15 is 0 Å². The third kappa shape index (κ3) is 7.70. The SMILES string of the molecule is C=C(C)c1cccc(CNC[C@H](O)[C@H](Cc2ccccc2)NC(=O)c2cccc(C(=O)N3CCC[C@@H]3c3nc(C)co3)c2)c1. The number of aromatic nitrogens is 1. The number of allylic oxidation sites excluding steroid dienone is 1. The van der Waals surface area contributed by atoms with E-state index in [0.29, 0.717) is 36.5 Å². The maximum Gasteiger partial charge on any atom is 0.254 e. The van der Waals surface area contributed by atoms with Crippen molar-refractivity contribution in [1.82, 2.24) is 20.5 Å². The van der Waals surface area contributed by atoms with Crippen molar-refractivity contribution >= 4 is 17.4 Å². The fourth-order valence-corrected chi connectivity index (χ4v) is 5.61. The minimum Gasteiger partial charge on any atom is -0.446 e. The molecule has 0 bridgehead atoms. The summed E-state index contributed by atoms with van der Waals surface area (Å²) in [6.07, 6.45) is 2.81. The highest BCUT2D eigenvalue weighted by Crippen LogP contribution is 2.32. The van der Waals surface area contributed by atoms with Crippen LogP contribution in [0.3, 0.4) is 0 Å². The highest BCUT2D eigenvalue weighted by Gasteiger charge is 2.34.